The molecule has 22 heavy (non-hydrogen) atoms. The zero-order valence-corrected chi connectivity index (χ0v) is 13.3. The molecule has 0 saturated heterocycles. The fraction of sp³-hybridized carbons (Fsp3) is 0.538. The van der Waals surface area contributed by atoms with Crippen molar-refractivity contribution in [2.45, 2.75) is 32.7 Å². The van der Waals surface area contributed by atoms with Crippen molar-refractivity contribution in [3.63, 3.8) is 0 Å². The molecule has 0 aromatic carbocycles. The zero-order valence-electron chi connectivity index (χ0n) is 12.5. The van der Waals surface area contributed by atoms with E-state index in [1.165, 1.54) is 6.20 Å². The molecule has 0 fully saturated rings. The number of carbonyl (C=O) groups excluding carboxylic acids is 3. The topological polar surface area (TPSA) is 121 Å². The fourth-order valence-corrected chi connectivity index (χ4v) is 2.20. The van der Waals surface area contributed by atoms with Crippen molar-refractivity contribution in [3.05, 3.63) is 11.1 Å². The summed E-state index contributed by atoms with van der Waals surface area (Å²) >= 11 is 1.01. The van der Waals surface area contributed by atoms with Crippen LogP contribution in [-0.4, -0.2) is 42.1 Å². The highest BCUT2D eigenvalue weighted by Gasteiger charge is 2.24. The van der Waals surface area contributed by atoms with E-state index < -0.39 is 23.9 Å². The molecule has 0 saturated carbocycles. The van der Waals surface area contributed by atoms with Crippen LogP contribution in [0.5, 0.6) is 0 Å². The van der Waals surface area contributed by atoms with Crippen LogP contribution in [0.15, 0.2) is 6.20 Å². The number of nitrogen functional groups attached to an aromatic ring is 1. The molecule has 0 aliphatic rings. The van der Waals surface area contributed by atoms with Crippen LogP contribution < -0.4 is 11.1 Å². The molecule has 1 amide bonds. The molecule has 8 nitrogen and oxygen atoms in total. The van der Waals surface area contributed by atoms with Gasteiger partial charge in [0.15, 0.2) is 5.13 Å². The molecule has 0 radical (unpaired) electrons. The SMILES string of the molecule is CCOC(=O)CCC(NC(=O)c1cnc(N)s1)C(=O)OCC. The van der Waals surface area contributed by atoms with E-state index in [4.69, 9.17) is 15.2 Å². The van der Waals surface area contributed by atoms with Crippen LogP contribution in [0, 0.1) is 0 Å². The molecule has 1 aromatic heterocycles. The van der Waals surface area contributed by atoms with Crippen molar-refractivity contribution in [1.29, 1.82) is 0 Å². The van der Waals surface area contributed by atoms with Gasteiger partial charge < -0.3 is 20.5 Å². The van der Waals surface area contributed by atoms with E-state index in [1.807, 2.05) is 0 Å². The Morgan fingerprint density at radius 3 is 2.55 bits per heavy atom. The molecule has 0 spiro atoms. The first kappa shape index (κ1) is 17.9. The van der Waals surface area contributed by atoms with Crippen molar-refractivity contribution in [2.75, 3.05) is 18.9 Å². The second-order valence-electron chi connectivity index (χ2n) is 4.18. The number of anilines is 1. The Kier molecular flexibility index (Phi) is 7.30. The Morgan fingerprint density at radius 1 is 1.32 bits per heavy atom. The minimum absolute atomic E-state index is 0.00241. The lowest BCUT2D eigenvalue weighted by Gasteiger charge is -2.16. The Bertz CT molecular complexity index is 532. The van der Waals surface area contributed by atoms with Gasteiger partial charge in [-0.2, -0.15) is 0 Å². The molecule has 1 atom stereocenters. The van der Waals surface area contributed by atoms with Crippen LogP contribution in [0.1, 0.15) is 36.4 Å². The second kappa shape index (κ2) is 8.98. The van der Waals surface area contributed by atoms with Crippen LogP contribution in [0.4, 0.5) is 5.13 Å². The first-order chi connectivity index (χ1) is 10.5. The number of nitrogens with two attached hydrogens (primary N) is 1. The lowest BCUT2D eigenvalue weighted by atomic mass is 10.1. The summed E-state index contributed by atoms with van der Waals surface area (Å²) in [5, 5.41) is 2.78. The summed E-state index contributed by atoms with van der Waals surface area (Å²) in [5.74, 6) is -1.53. The van der Waals surface area contributed by atoms with Gasteiger partial charge in [-0.25, -0.2) is 9.78 Å². The van der Waals surface area contributed by atoms with Gasteiger partial charge in [-0.3, -0.25) is 9.59 Å². The van der Waals surface area contributed by atoms with Crippen molar-refractivity contribution in [1.82, 2.24) is 10.3 Å². The van der Waals surface area contributed by atoms with E-state index >= 15 is 0 Å². The zero-order chi connectivity index (χ0) is 16.5. The number of hydrogen-bond acceptors (Lipinski definition) is 8. The number of amides is 1. The van der Waals surface area contributed by atoms with Crippen LogP contribution in [0.25, 0.3) is 0 Å². The van der Waals surface area contributed by atoms with Gasteiger partial charge in [0.2, 0.25) is 0 Å². The van der Waals surface area contributed by atoms with Crippen molar-refractivity contribution in [2.24, 2.45) is 0 Å². The van der Waals surface area contributed by atoms with Gasteiger partial charge in [-0.05, 0) is 20.3 Å². The van der Waals surface area contributed by atoms with Crippen LogP contribution >= 0.6 is 11.3 Å². The van der Waals surface area contributed by atoms with Crippen molar-refractivity contribution >= 4 is 34.3 Å². The smallest absolute Gasteiger partial charge is 0.328 e. The molecule has 122 valence electrons. The number of rotatable bonds is 8. The predicted molar refractivity (Wildman–Crippen MR) is 80.3 cm³/mol. The molecule has 1 rings (SSSR count). The first-order valence-corrected chi connectivity index (χ1v) is 7.64. The Morgan fingerprint density at radius 2 is 2.00 bits per heavy atom. The summed E-state index contributed by atoms with van der Waals surface area (Å²) in [6, 6.07) is -0.930. The Balaban J connectivity index is 2.66. The quantitative estimate of drug-likeness (QED) is 0.674. The number of carbonyl (C=O) groups is 3. The largest absolute Gasteiger partial charge is 0.466 e. The summed E-state index contributed by atoms with van der Waals surface area (Å²) in [6.07, 6.45) is 1.42. The van der Waals surface area contributed by atoms with Gasteiger partial charge in [0, 0.05) is 6.42 Å². The van der Waals surface area contributed by atoms with Gasteiger partial charge in [0.05, 0.1) is 19.4 Å². The van der Waals surface area contributed by atoms with E-state index in [0.717, 1.165) is 11.3 Å². The van der Waals surface area contributed by atoms with Crippen LogP contribution in [0.3, 0.4) is 0 Å². The lowest BCUT2D eigenvalue weighted by Crippen LogP contribution is -2.42. The van der Waals surface area contributed by atoms with Gasteiger partial charge in [-0.15, -0.1) is 0 Å². The number of nitrogens with zero attached hydrogens (tertiary/aromatic N) is 1. The molecule has 1 heterocycles. The Hall–Kier alpha value is -2.16. The third-order valence-corrected chi connectivity index (χ3v) is 3.39. The first-order valence-electron chi connectivity index (χ1n) is 6.82. The highest BCUT2D eigenvalue weighted by atomic mass is 32.1. The average Bonchev–Trinajstić information content (AvgIpc) is 2.90. The fourth-order valence-electron chi connectivity index (χ4n) is 1.61. The molecular formula is C13H19N3O5S. The van der Waals surface area contributed by atoms with Crippen molar-refractivity contribution in [3.8, 4) is 0 Å². The van der Waals surface area contributed by atoms with Gasteiger partial charge in [0.1, 0.15) is 10.9 Å². The van der Waals surface area contributed by atoms with Gasteiger partial charge >= 0.3 is 11.9 Å². The van der Waals surface area contributed by atoms with E-state index in [9.17, 15) is 14.4 Å². The third kappa shape index (κ3) is 5.68. The summed E-state index contributed by atoms with van der Waals surface area (Å²) in [5.41, 5.74) is 5.46. The number of aromatic nitrogens is 1. The van der Waals surface area contributed by atoms with Gasteiger partial charge in [-0.1, -0.05) is 11.3 Å². The summed E-state index contributed by atoms with van der Waals surface area (Å²) in [6.45, 7) is 3.79. The summed E-state index contributed by atoms with van der Waals surface area (Å²) < 4.78 is 9.69. The van der Waals surface area contributed by atoms with E-state index in [2.05, 4.69) is 10.3 Å². The molecule has 0 aliphatic heterocycles. The number of nitrogens with one attached hydrogen (secondary N) is 1. The predicted octanol–water partition coefficient (Wildman–Crippen LogP) is 0.730. The highest BCUT2D eigenvalue weighted by Crippen LogP contribution is 2.14. The van der Waals surface area contributed by atoms with Crippen LogP contribution in [-0.2, 0) is 19.1 Å². The molecule has 0 bridgehead atoms. The van der Waals surface area contributed by atoms with Crippen LogP contribution in [0.2, 0.25) is 0 Å². The van der Waals surface area contributed by atoms with Crippen molar-refractivity contribution < 1.29 is 23.9 Å². The standard InChI is InChI=1S/C13H19N3O5S/c1-3-20-10(17)6-5-8(12(19)21-4-2)16-11(18)9-7-15-13(14)22-9/h7-8H,3-6H2,1-2H3,(H2,14,15)(H,16,18). The lowest BCUT2D eigenvalue weighted by molar-refractivity contribution is -0.146. The number of esters is 2. The molecule has 1 unspecified atom stereocenters. The maximum Gasteiger partial charge on any atom is 0.328 e. The monoisotopic (exact) mass is 329 g/mol. The van der Waals surface area contributed by atoms with E-state index in [0.29, 0.717) is 0 Å². The van der Waals surface area contributed by atoms with E-state index in [1.54, 1.807) is 13.8 Å². The number of hydrogen-bond donors (Lipinski definition) is 2. The molecule has 1 aromatic rings. The molecule has 9 heteroatoms. The second-order valence-corrected chi connectivity index (χ2v) is 5.25. The Labute approximate surface area is 132 Å². The van der Waals surface area contributed by atoms with Gasteiger partial charge in [0.25, 0.3) is 5.91 Å². The highest BCUT2D eigenvalue weighted by molar-refractivity contribution is 7.17. The maximum atomic E-state index is 12.0. The normalized spacial score (nSPS) is 11.5. The molecule has 3 N–H and O–H groups in total. The number of thiazole rings is 1. The molecular weight excluding hydrogens is 310 g/mol. The number of ether oxygens (including phenoxy) is 2. The van der Waals surface area contributed by atoms with E-state index in [-0.39, 0.29) is 36.1 Å². The third-order valence-electron chi connectivity index (χ3n) is 2.57. The molecule has 0 aliphatic carbocycles. The maximum absolute atomic E-state index is 12.0. The minimum Gasteiger partial charge on any atom is -0.466 e. The average molecular weight is 329 g/mol. The summed E-state index contributed by atoms with van der Waals surface area (Å²) in [4.78, 5) is 39.3. The minimum atomic E-state index is -0.930. The summed E-state index contributed by atoms with van der Waals surface area (Å²) in [7, 11) is 0.